The molecule has 0 bridgehead atoms. The Hall–Kier alpha value is -5.17. The van der Waals surface area contributed by atoms with Gasteiger partial charge in [-0.15, -0.1) is 0 Å². The molecule has 0 aliphatic heterocycles. The Bertz CT molecular complexity index is 1910. The van der Waals surface area contributed by atoms with Crippen LogP contribution in [0.5, 0.6) is 5.75 Å². The second kappa shape index (κ2) is 11.1. The number of carbonyl (C=O) groups excluding carboxylic acids is 1. The molecule has 1 unspecified atom stereocenters. The number of aromatic nitrogens is 2. The molecule has 2 heterocycles. The van der Waals surface area contributed by atoms with E-state index in [0.717, 1.165) is 10.8 Å². The van der Waals surface area contributed by atoms with E-state index in [2.05, 4.69) is 0 Å². The zero-order valence-electron chi connectivity index (χ0n) is 22.9. The monoisotopic (exact) mass is 543 g/mol. The van der Waals surface area contributed by atoms with Crippen molar-refractivity contribution in [3.8, 4) is 11.4 Å². The predicted octanol–water partition coefficient (Wildman–Crippen LogP) is 6.93. The molecule has 0 fully saturated rings. The Kier molecular flexibility index (Phi) is 7.08. The van der Waals surface area contributed by atoms with E-state index in [1.165, 1.54) is 0 Å². The number of ether oxygens (including phenoxy) is 1. The van der Waals surface area contributed by atoms with Gasteiger partial charge in [-0.1, -0.05) is 54.6 Å². The second-order valence-corrected chi connectivity index (χ2v) is 9.78. The largest absolute Gasteiger partial charge is 0.492 e. The van der Waals surface area contributed by atoms with Gasteiger partial charge in [0.05, 0.1) is 42.0 Å². The fraction of sp³-hybridized carbons (Fsp3) is 0.147. The van der Waals surface area contributed by atoms with Gasteiger partial charge in [0, 0.05) is 5.56 Å². The molecule has 6 rings (SSSR count). The van der Waals surface area contributed by atoms with Crippen LogP contribution in [0.2, 0.25) is 0 Å². The number of fused-ring (bicyclic) bond motifs is 2. The number of rotatable bonds is 8. The SMILES string of the molecule is CCOc1ccccc1-n1c(C(C)N(Cc2ccco2)C(=O)c2ccc3ccccc3c2)nc2ccccc2c1=O. The summed E-state index contributed by atoms with van der Waals surface area (Å²) in [7, 11) is 0. The molecule has 4 aromatic carbocycles. The molecular formula is C34H29N3O4. The topological polar surface area (TPSA) is 77.6 Å². The standard InChI is InChI=1S/C34H29N3O4/c1-3-40-31-17-9-8-16-30(31)37-32(35-29-15-7-6-14-28(29)34(37)39)23(2)36(22-27-13-10-20-41-27)33(38)26-19-18-24-11-4-5-12-25(24)21-26/h4-21,23H,3,22H2,1-2H3. The van der Waals surface area contributed by atoms with Crippen LogP contribution in [0.3, 0.4) is 0 Å². The lowest BCUT2D eigenvalue weighted by Crippen LogP contribution is -2.37. The van der Waals surface area contributed by atoms with E-state index < -0.39 is 6.04 Å². The first-order valence-electron chi connectivity index (χ1n) is 13.6. The van der Waals surface area contributed by atoms with Crippen LogP contribution in [0, 0.1) is 0 Å². The molecule has 6 aromatic rings. The smallest absolute Gasteiger partial charge is 0.266 e. The fourth-order valence-electron chi connectivity index (χ4n) is 5.17. The minimum Gasteiger partial charge on any atom is -0.492 e. The van der Waals surface area contributed by atoms with Crippen LogP contribution in [0.25, 0.3) is 27.4 Å². The fourth-order valence-corrected chi connectivity index (χ4v) is 5.17. The van der Waals surface area contributed by atoms with Gasteiger partial charge in [0.15, 0.2) is 0 Å². The summed E-state index contributed by atoms with van der Waals surface area (Å²) in [6, 6.07) is 31.2. The highest BCUT2D eigenvalue weighted by Gasteiger charge is 2.29. The number of nitrogens with zero attached hydrogens (tertiary/aromatic N) is 3. The molecule has 1 amide bonds. The maximum Gasteiger partial charge on any atom is 0.266 e. The number of amides is 1. The first-order chi connectivity index (χ1) is 20.0. The van der Waals surface area contributed by atoms with Gasteiger partial charge < -0.3 is 14.1 Å². The van der Waals surface area contributed by atoms with Crippen molar-refractivity contribution < 1.29 is 13.9 Å². The molecule has 2 aromatic heterocycles. The highest BCUT2D eigenvalue weighted by molar-refractivity contribution is 5.98. The van der Waals surface area contributed by atoms with Gasteiger partial charge in [-0.3, -0.25) is 14.2 Å². The van der Waals surface area contributed by atoms with Gasteiger partial charge >= 0.3 is 0 Å². The van der Waals surface area contributed by atoms with Gasteiger partial charge in [0.25, 0.3) is 11.5 Å². The number of hydrogen-bond acceptors (Lipinski definition) is 5. The summed E-state index contributed by atoms with van der Waals surface area (Å²) in [6.07, 6.45) is 1.58. The third kappa shape index (κ3) is 4.98. The van der Waals surface area contributed by atoms with Gasteiger partial charge in [-0.2, -0.15) is 0 Å². The molecule has 0 spiro atoms. The average molecular weight is 544 g/mol. The maximum absolute atomic E-state index is 14.2. The highest BCUT2D eigenvalue weighted by Crippen LogP contribution is 2.30. The lowest BCUT2D eigenvalue weighted by atomic mass is 10.1. The molecule has 0 aliphatic carbocycles. The summed E-state index contributed by atoms with van der Waals surface area (Å²) < 4.78 is 13.1. The van der Waals surface area contributed by atoms with Crippen LogP contribution in [0.1, 0.15) is 41.8 Å². The van der Waals surface area contributed by atoms with Crippen molar-refractivity contribution in [1.29, 1.82) is 0 Å². The lowest BCUT2D eigenvalue weighted by molar-refractivity contribution is 0.0648. The molecule has 41 heavy (non-hydrogen) atoms. The highest BCUT2D eigenvalue weighted by atomic mass is 16.5. The maximum atomic E-state index is 14.2. The normalized spacial score (nSPS) is 12.0. The molecule has 7 heteroatoms. The van der Waals surface area contributed by atoms with Crippen LogP contribution in [0.4, 0.5) is 0 Å². The average Bonchev–Trinajstić information content (AvgIpc) is 3.53. The molecule has 204 valence electrons. The van der Waals surface area contributed by atoms with Crippen LogP contribution in [0.15, 0.2) is 119 Å². The number of furan rings is 1. The van der Waals surface area contributed by atoms with Crippen LogP contribution in [-0.2, 0) is 6.54 Å². The zero-order valence-corrected chi connectivity index (χ0v) is 22.9. The second-order valence-electron chi connectivity index (χ2n) is 9.78. The predicted molar refractivity (Wildman–Crippen MR) is 159 cm³/mol. The Balaban J connectivity index is 1.54. The van der Waals surface area contributed by atoms with E-state index in [1.54, 1.807) is 27.9 Å². The summed E-state index contributed by atoms with van der Waals surface area (Å²) in [5, 5.41) is 2.50. The Morgan fingerprint density at radius 3 is 2.49 bits per heavy atom. The summed E-state index contributed by atoms with van der Waals surface area (Å²) >= 11 is 0. The van der Waals surface area contributed by atoms with Crippen molar-refractivity contribution >= 4 is 27.6 Å². The van der Waals surface area contributed by atoms with Crippen molar-refractivity contribution in [2.24, 2.45) is 0 Å². The first-order valence-corrected chi connectivity index (χ1v) is 13.6. The Morgan fingerprint density at radius 1 is 0.927 bits per heavy atom. The van der Waals surface area contributed by atoms with Crippen LogP contribution in [-0.4, -0.2) is 27.0 Å². The van der Waals surface area contributed by atoms with E-state index in [1.807, 2.05) is 105 Å². The number of para-hydroxylation sites is 3. The summed E-state index contributed by atoms with van der Waals surface area (Å²) in [5.74, 6) is 1.39. The number of hydrogen-bond donors (Lipinski definition) is 0. The molecule has 0 aliphatic rings. The Morgan fingerprint density at radius 2 is 1.68 bits per heavy atom. The summed E-state index contributed by atoms with van der Waals surface area (Å²) in [4.78, 5) is 35.0. The van der Waals surface area contributed by atoms with Crippen molar-refractivity contribution in [3.63, 3.8) is 0 Å². The van der Waals surface area contributed by atoms with E-state index in [0.29, 0.717) is 46.1 Å². The van der Waals surface area contributed by atoms with Crippen molar-refractivity contribution in [2.45, 2.75) is 26.4 Å². The van der Waals surface area contributed by atoms with Crippen LogP contribution >= 0.6 is 0 Å². The molecule has 0 saturated heterocycles. The van der Waals surface area contributed by atoms with Gasteiger partial charge in [0.2, 0.25) is 0 Å². The number of carbonyl (C=O) groups is 1. The molecule has 0 radical (unpaired) electrons. The molecule has 7 nitrogen and oxygen atoms in total. The van der Waals surface area contributed by atoms with E-state index in [-0.39, 0.29) is 18.0 Å². The lowest BCUT2D eigenvalue weighted by Gasteiger charge is -2.30. The van der Waals surface area contributed by atoms with Gasteiger partial charge in [-0.05, 0) is 73.2 Å². The first kappa shape index (κ1) is 26.1. The zero-order chi connectivity index (χ0) is 28.3. The third-order valence-corrected chi connectivity index (χ3v) is 7.21. The van der Waals surface area contributed by atoms with E-state index in [4.69, 9.17) is 14.1 Å². The minimum absolute atomic E-state index is 0.190. The number of benzene rings is 4. The van der Waals surface area contributed by atoms with E-state index >= 15 is 0 Å². The summed E-state index contributed by atoms with van der Waals surface area (Å²) in [5.41, 5.74) is 1.42. The third-order valence-electron chi connectivity index (χ3n) is 7.21. The molecular weight excluding hydrogens is 514 g/mol. The summed E-state index contributed by atoms with van der Waals surface area (Å²) in [6.45, 7) is 4.41. The quantitative estimate of drug-likeness (QED) is 0.208. The van der Waals surface area contributed by atoms with Crippen LogP contribution < -0.4 is 10.3 Å². The van der Waals surface area contributed by atoms with E-state index in [9.17, 15) is 9.59 Å². The minimum atomic E-state index is -0.619. The van der Waals surface area contributed by atoms with Crippen molar-refractivity contribution in [1.82, 2.24) is 14.5 Å². The molecule has 0 saturated carbocycles. The van der Waals surface area contributed by atoms with Gasteiger partial charge in [-0.25, -0.2) is 4.98 Å². The molecule has 1 atom stereocenters. The molecule has 0 N–H and O–H groups in total. The van der Waals surface area contributed by atoms with Crippen molar-refractivity contribution in [2.75, 3.05) is 6.61 Å². The van der Waals surface area contributed by atoms with Crippen molar-refractivity contribution in [3.05, 3.63) is 137 Å². The van der Waals surface area contributed by atoms with Gasteiger partial charge in [0.1, 0.15) is 17.3 Å². The Labute approximate surface area is 237 Å².